The summed E-state index contributed by atoms with van der Waals surface area (Å²) in [6, 6.07) is 8.00. The van der Waals surface area contributed by atoms with Gasteiger partial charge >= 0.3 is 0 Å². The van der Waals surface area contributed by atoms with Crippen LogP contribution in [-0.2, 0) is 11.2 Å². The van der Waals surface area contributed by atoms with Crippen molar-refractivity contribution < 1.29 is 9.53 Å². The van der Waals surface area contributed by atoms with Crippen LogP contribution in [0.5, 0.6) is 5.75 Å². The number of rotatable bonds is 4. The Morgan fingerprint density at radius 3 is 2.67 bits per heavy atom. The van der Waals surface area contributed by atoms with Crippen molar-refractivity contribution in [1.82, 2.24) is 10.2 Å². The van der Waals surface area contributed by atoms with Gasteiger partial charge in [-0.2, -0.15) is 0 Å². The van der Waals surface area contributed by atoms with E-state index in [0.717, 1.165) is 24.4 Å². The third-order valence-electron chi connectivity index (χ3n) is 3.24. The van der Waals surface area contributed by atoms with Crippen molar-refractivity contribution in [3.8, 4) is 5.75 Å². The molecule has 1 N–H and O–H groups in total. The number of amides is 1. The molecule has 1 amide bonds. The first-order valence-electron chi connectivity index (χ1n) is 5.80. The molecule has 1 saturated heterocycles. The lowest BCUT2D eigenvalue weighted by atomic mass is 10.1. The highest BCUT2D eigenvalue weighted by molar-refractivity contribution is 5.85. The molecule has 1 aromatic carbocycles. The van der Waals surface area contributed by atoms with Crippen molar-refractivity contribution in [3.05, 3.63) is 29.8 Å². The smallest absolute Gasteiger partial charge is 0.227 e. The van der Waals surface area contributed by atoms with E-state index in [1.807, 2.05) is 36.2 Å². The Balaban J connectivity index is 0.00000162. The van der Waals surface area contributed by atoms with Crippen LogP contribution in [0, 0.1) is 0 Å². The molecule has 1 aliphatic heterocycles. The molecular weight excluding hydrogens is 252 g/mol. The number of carbonyl (C=O) groups excluding carboxylic acids is 1. The second-order valence-corrected chi connectivity index (χ2v) is 4.31. The zero-order chi connectivity index (χ0) is 12.3. The van der Waals surface area contributed by atoms with Gasteiger partial charge in [0.2, 0.25) is 5.91 Å². The summed E-state index contributed by atoms with van der Waals surface area (Å²) < 4.78 is 5.24. The number of carbonyl (C=O) groups is 1. The van der Waals surface area contributed by atoms with Gasteiger partial charge in [0.1, 0.15) is 5.75 Å². The van der Waals surface area contributed by atoms with Crippen molar-refractivity contribution in [3.63, 3.8) is 0 Å². The summed E-state index contributed by atoms with van der Waals surface area (Å²) in [5.74, 6) is 0.919. The number of nitrogens with zero attached hydrogens (tertiary/aromatic N) is 1. The Labute approximate surface area is 114 Å². The molecule has 0 spiro atoms. The predicted octanol–water partition coefficient (Wildman–Crippen LogP) is 1.09. The van der Waals surface area contributed by atoms with Gasteiger partial charge in [-0.05, 0) is 6.07 Å². The van der Waals surface area contributed by atoms with E-state index in [9.17, 15) is 4.79 Å². The fraction of sp³-hybridized carbons (Fsp3) is 0.462. The number of halogens is 1. The van der Waals surface area contributed by atoms with Crippen LogP contribution in [-0.4, -0.2) is 44.1 Å². The first kappa shape index (κ1) is 14.8. The molecule has 0 saturated carbocycles. The lowest BCUT2D eigenvalue weighted by Crippen LogP contribution is -2.57. The second-order valence-electron chi connectivity index (χ2n) is 4.31. The van der Waals surface area contributed by atoms with Gasteiger partial charge in [0, 0.05) is 25.7 Å². The third-order valence-corrected chi connectivity index (χ3v) is 3.24. The Kier molecular flexibility index (Phi) is 5.44. The maximum Gasteiger partial charge on any atom is 0.227 e. The number of methoxy groups -OCH3 is 1. The largest absolute Gasteiger partial charge is 0.496 e. The van der Waals surface area contributed by atoms with E-state index in [1.165, 1.54) is 0 Å². The van der Waals surface area contributed by atoms with Gasteiger partial charge in [0.25, 0.3) is 0 Å². The van der Waals surface area contributed by atoms with Crippen molar-refractivity contribution in [2.75, 3.05) is 27.2 Å². The number of ether oxygens (including phenoxy) is 1. The van der Waals surface area contributed by atoms with Crippen LogP contribution in [0.4, 0.5) is 0 Å². The molecule has 1 aromatic rings. The molecule has 0 atom stereocenters. The molecule has 0 radical (unpaired) electrons. The van der Waals surface area contributed by atoms with Gasteiger partial charge < -0.3 is 15.0 Å². The average molecular weight is 271 g/mol. The van der Waals surface area contributed by atoms with Gasteiger partial charge in [0.05, 0.1) is 19.6 Å². The molecule has 18 heavy (non-hydrogen) atoms. The fourth-order valence-corrected chi connectivity index (χ4v) is 1.89. The second kappa shape index (κ2) is 6.61. The van der Waals surface area contributed by atoms with E-state index < -0.39 is 0 Å². The molecule has 2 rings (SSSR count). The number of para-hydroxylation sites is 1. The molecule has 1 fully saturated rings. The van der Waals surface area contributed by atoms with Crippen LogP contribution in [0.1, 0.15) is 5.56 Å². The molecule has 4 nitrogen and oxygen atoms in total. The summed E-state index contributed by atoms with van der Waals surface area (Å²) in [6.07, 6.45) is 0.400. The summed E-state index contributed by atoms with van der Waals surface area (Å²) >= 11 is 0. The summed E-state index contributed by atoms with van der Waals surface area (Å²) in [6.45, 7) is 1.79. The standard InChI is InChI=1S/C13H18N2O2.ClH/c1-15(11-8-14-9-11)13(16)7-10-5-3-4-6-12(10)17-2;/h3-6,11,14H,7-9H2,1-2H3;1H. The summed E-state index contributed by atoms with van der Waals surface area (Å²) in [5.41, 5.74) is 0.944. The minimum Gasteiger partial charge on any atom is -0.496 e. The van der Waals surface area contributed by atoms with Crippen LogP contribution in [0.3, 0.4) is 0 Å². The van der Waals surface area contributed by atoms with E-state index in [0.29, 0.717) is 12.5 Å². The van der Waals surface area contributed by atoms with E-state index in [-0.39, 0.29) is 18.3 Å². The van der Waals surface area contributed by atoms with Crippen LogP contribution in [0.25, 0.3) is 0 Å². The SMILES string of the molecule is COc1ccccc1CC(=O)N(C)C1CNC1.Cl. The molecule has 0 aromatic heterocycles. The highest BCUT2D eigenvalue weighted by Gasteiger charge is 2.25. The van der Waals surface area contributed by atoms with Gasteiger partial charge in [0.15, 0.2) is 0 Å². The van der Waals surface area contributed by atoms with Gasteiger partial charge in [-0.25, -0.2) is 0 Å². The predicted molar refractivity (Wildman–Crippen MR) is 73.4 cm³/mol. The number of nitrogens with one attached hydrogen (secondary N) is 1. The van der Waals surface area contributed by atoms with E-state index in [4.69, 9.17) is 4.74 Å². The third kappa shape index (κ3) is 3.15. The summed E-state index contributed by atoms with van der Waals surface area (Å²) in [4.78, 5) is 13.9. The van der Waals surface area contributed by atoms with Crippen LogP contribution in [0.2, 0.25) is 0 Å². The average Bonchev–Trinajstić information content (AvgIpc) is 2.27. The van der Waals surface area contributed by atoms with E-state index in [1.54, 1.807) is 7.11 Å². The first-order chi connectivity index (χ1) is 8.22. The Morgan fingerprint density at radius 2 is 2.11 bits per heavy atom. The molecular formula is C13H19ClN2O2. The van der Waals surface area contributed by atoms with Crippen molar-refractivity contribution >= 4 is 18.3 Å². The van der Waals surface area contributed by atoms with Gasteiger partial charge in [-0.1, -0.05) is 18.2 Å². The lowest BCUT2D eigenvalue weighted by molar-refractivity contribution is -0.132. The molecule has 0 aliphatic carbocycles. The van der Waals surface area contributed by atoms with Crippen LogP contribution < -0.4 is 10.1 Å². The van der Waals surface area contributed by atoms with Crippen molar-refractivity contribution in [2.45, 2.75) is 12.5 Å². The van der Waals surface area contributed by atoms with Crippen molar-refractivity contribution in [1.29, 1.82) is 0 Å². The number of likely N-dealkylation sites (N-methyl/N-ethyl adjacent to an activating group) is 1. The maximum absolute atomic E-state index is 12.1. The van der Waals surface area contributed by atoms with E-state index in [2.05, 4.69) is 5.32 Å². The Morgan fingerprint density at radius 1 is 1.44 bits per heavy atom. The zero-order valence-electron chi connectivity index (χ0n) is 10.7. The topological polar surface area (TPSA) is 41.6 Å². The number of benzene rings is 1. The van der Waals surface area contributed by atoms with Crippen LogP contribution in [0.15, 0.2) is 24.3 Å². The number of hydrogen-bond acceptors (Lipinski definition) is 3. The number of hydrogen-bond donors (Lipinski definition) is 1. The minimum absolute atomic E-state index is 0. The molecule has 1 aliphatic rings. The van der Waals surface area contributed by atoms with E-state index >= 15 is 0 Å². The lowest BCUT2D eigenvalue weighted by Gasteiger charge is -2.35. The molecule has 5 heteroatoms. The van der Waals surface area contributed by atoms with Crippen molar-refractivity contribution in [2.24, 2.45) is 0 Å². The summed E-state index contributed by atoms with van der Waals surface area (Å²) in [7, 11) is 3.49. The normalized spacial score (nSPS) is 14.3. The quantitative estimate of drug-likeness (QED) is 0.891. The highest BCUT2D eigenvalue weighted by Crippen LogP contribution is 2.18. The molecule has 0 unspecified atom stereocenters. The van der Waals surface area contributed by atoms with Gasteiger partial charge in [-0.3, -0.25) is 4.79 Å². The zero-order valence-corrected chi connectivity index (χ0v) is 11.5. The highest BCUT2D eigenvalue weighted by atomic mass is 35.5. The Bertz CT molecular complexity index is 408. The first-order valence-corrected chi connectivity index (χ1v) is 5.80. The molecule has 0 bridgehead atoms. The Hall–Kier alpha value is -1.26. The molecule has 100 valence electrons. The monoisotopic (exact) mass is 270 g/mol. The fourth-order valence-electron chi connectivity index (χ4n) is 1.89. The maximum atomic E-state index is 12.1. The van der Waals surface area contributed by atoms with Crippen LogP contribution >= 0.6 is 12.4 Å². The molecule has 1 heterocycles. The minimum atomic E-state index is 0. The summed E-state index contributed by atoms with van der Waals surface area (Å²) in [5, 5.41) is 3.16. The van der Waals surface area contributed by atoms with Gasteiger partial charge in [-0.15, -0.1) is 12.4 Å².